The van der Waals surface area contributed by atoms with E-state index in [2.05, 4.69) is 6.07 Å². The average Bonchev–Trinajstić information content (AvgIpc) is 2.78. The number of rotatable bonds is 2. The zero-order chi connectivity index (χ0) is 15.0. The maximum Gasteiger partial charge on any atom is 0.335 e. The Morgan fingerprint density at radius 3 is 2.52 bits per heavy atom. The van der Waals surface area contributed by atoms with E-state index in [-0.39, 0.29) is 5.56 Å². The summed E-state index contributed by atoms with van der Waals surface area (Å²) in [6.07, 6.45) is 1.83. The number of aromatic carboxylic acids is 1. The molecule has 3 aromatic rings. The number of nitriles is 1. The Kier molecular flexibility index (Phi) is 2.85. The molecule has 0 amide bonds. The number of benzene rings is 1. The lowest BCUT2D eigenvalue weighted by Crippen LogP contribution is -1.96. The molecule has 0 aliphatic rings. The summed E-state index contributed by atoms with van der Waals surface area (Å²) < 4.78 is 1.84. The number of carboxylic acids is 1. The van der Waals surface area contributed by atoms with Crippen LogP contribution < -0.4 is 5.73 Å². The van der Waals surface area contributed by atoms with Gasteiger partial charge >= 0.3 is 5.97 Å². The van der Waals surface area contributed by atoms with Crippen LogP contribution in [0.15, 0.2) is 48.7 Å². The molecule has 0 saturated heterocycles. The fourth-order valence-corrected chi connectivity index (χ4v) is 2.41. The van der Waals surface area contributed by atoms with E-state index in [1.54, 1.807) is 12.1 Å². The van der Waals surface area contributed by atoms with Crippen LogP contribution in [0.25, 0.3) is 16.8 Å². The van der Waals surface area contributed by atoms with Gasteiger partial charge < -0.3 is 15.2 Å². The number of carbonyl (C=O) groups is 1. The van der Waals surface area contributed by atoms with Gasteiger partial charge in [-0.2, -0.15) is 5.26 Å². The monoisotopic (exact) mass is 277 g/mol. The Bertz CT molecular complexity index is 886. The molecule has 0 bridgehead atoms. The van der Waals surface area contributed by atoms with Crippen molar-refractivity contribution in [3.8, 4) is 17.3 Å². The van der Waals surface area contributed by atoms with Crippen molar-refractivity contribution in [2.24, 2.45) is 0 Å². The van der Waals surface area contributed by atoms with Gasteiger partial charge in [-0.25, -0.2) is 4.79 Å². The van der Waals surface area contributed by atoms with Crippen molar-refractivity contribution in [1.82, 2.24) is 4.40 Å². The largest absolute Gasteiger partial charge is 0.478 e. The molecule has 3 N–H and O–H groups in total. The first-order valence-electron chi connectivity index (χ1n) is 6.26. The predicted molar refractivity (Wildman–Crippen MR) is 78.9 cm³/mol. The molecule has 2 heterocycles. The molecule has 5 heteroatoms. The van der Waals surface area contributed by atoms with E-state index >= 15 is 0 Å². The number of nitrogens with two attached hydrogens (primary N) is 1. The van der Waals surface area contributed by atoms with E-state index in [4.69, 9.17) is 10.8 Å². The van der Waals surface area contributed by atoms with Gasteiger partial charge in [-0.1, -0.05) is 18.2 Å². The van der Waals surface area contributed by atoms with Gasteiger partial charge in [-0.05, 0) is 24.3 Å². The Morgan fingerprint density at radius 2 is 1.90 bits per heavy atom. The number of aromatic nitrogens is 1. The highest BCUT2D eigenvalue weighted by molar-refractivity contribution is 5.91. The fourth-order valence-electron chi connectivity index (χ4n) is 2.41. The van der Waals surface area contributed by atoms with E-state index in [9.17, 15) is 10.1 Å². The van der Waals surface area contributed by atoms with Gasteiger partial charge in [-0.15, -0.1) is 0 Å². The SMILES string of the molecule is N#Cc1c(N)c(-c2ccc(C(=O)O)cc2)n2ccccc12. The van der Waals surface area contributed by atoms with Gasteiger partial charge in [-0.3, -0.25) is 0 Å². The second-order valence-electron chi connectivity index (χ2n) is 4.59. The van der Waals surface area contributed by atoms with Crippen LogP contribution in [0.3, 0.4) is 0 Å². The van der Waals surface area contributed by atoms with Crippen LogP contribution in [-0.2, 0) is 0 Å². The van der Waals surface area contributed by atoms with Gasteiger partial charge in [0.2, 0.25) is 0 Å². The molecule has 0 aliphatic heterocycles. The van der Waals surface area contributed by atoms with E-state index < -0.39 is 5.97 Å². The van der Waals surface area contributed by atoms with E-state index in [0.29, 0.717) is 16.9 Å². The Morgan fingerprint density at radius 1 is 1.19 bits per heavy atom. The molecular formula is C16H11N3O2. The van der Waals surface area contributed by atoms with Crippen molar-refractivity contribution in [3.05, 3.63) is 59.8 Å². The minimum absolute atomic E-state index is 0.207. The summed E-state index contributed by atoms with van der Waals surface area (Å²) in [7, 11) is 0. The van der Waals surface area contributed by atoms with Crippen molar-refractivity contribution in [1.29, 1.82) is 5.26 Å². The van der Waals surface area contributed by atoms with E-state index in [1.807, 2.05) is 28.8 Å². The van der Waals surface area contributed by atoms with Gasteiger partial charge in [0.05, 0.1) is 22.5 Å². The average molecular weight is 277 g/mol. The molecule has 0 fully saturated rings. The molecule has 0 saturated carbocycles. The molecule has 0 unspecified atom stereocenters. The smallest absolute Gasteiger partial charge is 0.335 e. The first-order valence-corrected chi connectivity index (χ1v) is 6.26. The van der Waals surface area contributed by atoms with Crippen LogP contribution in [0.2, 0.25) is 0 Å². The maximum absolute atomic E-state index is 10.9. The number of anilines is 1. The number of fused-ring (bicyclic) bond motifs is 1. The number of hydrogen-bond acceptors (Lipinski definition) is 3. The van der Waals surface area contributed by atoms with E-state index in [1.165, 1.54) is 12.1 Å². The van der Waals surface area contributed by atoms with Crippen molar-refractivity contribution in [2.75, 3.05) is 5.73 Å². The lowest BCUT2D eigenvalue weighted by molar-refractivity contribution is 0.0697. The van der Waals surface area contributed by atoms with Gasteiger partial charge in [0.15, 0.2) is 0 Å². The minimum Gasteiger partial charge on any atom is -0.478 e. The minimum atomic E-state index is -0.979. The third-order valence-electron chi connectivity index (χ3n) is 3.40. The van der Waals surface area contributed by atoms with Gasteiger partial charge in [0.25, 0.3) is 0 Å². The number of carboxylic acid groups (broad SMARTS) is 1. The van der Waals surface area contributed by atoms with Gasteiger partial charge in [0.1, 0.15) is 11.6 Å². The van der Waals surface area contributed by atoms with Crippen molar-refractivity contribution in [3.63, 3.8) is 0 Å². The van der Waals surface area contributed by atoms with Crippen molar-refractivity contribution < 1.29 is 9.90 Å². The zero-order valence-corrected chi connectivity index (χ0v) is 10.9. The highest BCUT2D eigenvalue weighted by Gasteiger charge is 2.17. The zero-order valence-electron chi connectivity index (χ0n) is 10.9. The number of nitrogens with zero attached hydrogens (tertiary/aromatic N) is 2. The van der Waals surface area contributed by atoms with Crippen molar-refractivity contribution in [2.45, 2.75) is 0 Å². The molecule has 0 spiro atoms. The van der Waals surface area contributed by atoms with E-state index in [0.717, 1.165) is 11.1 Å². The second-order valence-corrected chi connectivity index (χ2v) is 4.59. The summed E-state index contributed by atoms with van der Waals surface area (Å²) in [5.74, 6) is -0.979. The number of hydrogen-bond donors (Lipinski definition) is 2. The summed E-state index contributed by atoms with van der Waals surface area (Å²) in [5, 5.41) is 18.2. The molecule has 0 radical (unpaired) electrons. The molecule has 0 aliphatic carbocycles. The summed E-state index contributed by atoms with van der Waals surface area (Å²) in [4.78, 5) is 10.9. The Balaban J connectivity index is 2.28. The first kappa shape index (κ1) is 12.8. The molecule has 3 rings (SSSR count). The highest BCUT2D eigenvalue weighted by atomic mass is 16.4. The number of pyridine rings is 1. The summed E-state index contributed by atoms with van der Waals surface area (Å²) in [5.41, 5.74) is 9.31. The molecule has 21 heavy (non-hydrogen) atoms. The predicted octanol–water partition coefficient (Wildman–Crippen LogP) is 2.76. The standard InChI is InChI=1S/C16H11N3O2/c17-9-12-13-3-1-2-8-19(13)15(14(12)18)10-4-6-11(7-5-10)16(20)21/h1-8H,18H2,(H,20,21). The molecule has 1 aromatic carbocycles. The Hall–Kier alpha value is -3.26. The lowest BCUT2D eigenvalue weighted by atomic mass is 10.1. The van der Waals surface area contributed by atoms with Crippen LogP contribution in [0.5, 0.6) is 0 Å². The van der Waals surface area contributed by atoms with Crippen molar-refractivity contribution >= 4 is 17.2 Å². The third-order valence-corrected chi connectivity index (χ3v) is 3.40. The van der Waals surface area contributed by atoms with Crippen LogP contribution in [0.4, 0.5) is 5.69 Å². The van der Waals surface area contributed by atoms with Crippen LogP contribution in [-0.4, -0.2) is 15.5 Å². The van der Waals surface area contributed by atoms with Crippen LogP contribution in [0, 0.1) is 11.3 Å². The first-order chi connectivity index (χ1) is 10.1. The quantitative estimate of drug-likeness (QED) is 0.753. The Labute approximate surface area is 120 Å². The molecule has 2 aromatic heterocycles. The molecule has 5 nitrogen and oxygen atoms in total. The molecule has 0 atom stereocenters. The van der Waals surface area contributed by atoms with Gasteiger partial charge in [0, 0.05) is 11.8 Å². The fraction of sp³-hybridized carbons (Fsp3) is 0. The van der Waals surface area contributed by atoms with Crippen LogP contribution >= 0.6 is 0 Å². The summed E-state index contributed by atoms with van der Waals surface area (Å²) >= 11 is 0. The summed E-state index contributed by atoms with van der Waals surface area (Å²) in [6.45, 7) is 0. The third kappa shape index (κ3) is 1.90. The topological polar surface area (TPSA) is 91.5 Å². The number of nitrogen functional groups attached to an aromatic ring is 1. The maximum atomic E-state index is 10.9. The summed E-state index contributed by atoms with van der Waals surface area (Å²) in [6, 6.07) is 14.1. The second kappa shape index (κ2) is 4.69. The normalized spacial score (nSPS) is 10.4. The molecular weight excluding hydrogens is 266 g/mol. The molecule has 102 valence electrons. The lowest BCUT2D eigenvalue weighted by Gasteiger charge is -2.05. The van der Waals surface area contributed by atoms with Crippen LogP contribution in [0.1, 0.15) is 15.9 Å². The highest BCUT2D eigenvalue weighted by Crippen LogP contribution is 2.33.